The fraction of sp³-hybridized carbons (Fsp3) is 0.409. The number of allylic oxidation sites excluding steroid dienone is 2. The fourth-order valence-electron chi connectivity index (χ4n) is 5.99. The molecule has 5 aliphatic rings. The summed E-state index contributed by atoms with van der Waals surface area (Å²) < 4.78 is 3.25. The zero-order valence-corrected chi connectivity index (χ0v) is 15.8. The van der Waals surface area contributed by atoms with Crippen molar-refractivity contribution >= 4 is 17.5 Å². The van der Waals surface area contributed by atoms with Gasteiger partial charge in [-0.05, 0) is 49.1 Å². The molecule has 28 heavy (non-hydrogen) atoms. The Morgan fingerprint density at radius 2 is 1.46 bits per heavy atom. The van der Waals surface area contributed by atoms with Crippen molar-refractivity contribution in [2.24, 2.45) is 42.6 Å². The lowest BCUT2D eigenvalue weighted by Gasteiger charge is -2.37. The molecule has 1 aliphatic heterocycles. The second kappa shape index (κ2) is 5.13. The molecule has 7 rings (SSSR count). The lowest BCUT2D eigenvalue weighted by atomic mass is 9.63. The van der Waals surface area contributed by atoms with E-state index in [1.54, 1.807) is 18.7 Å². The Labute approximate surface area is 162 Å². The molecular weight excluding hydrogens is 354 g/mol. The van der Waals surface area contributed by atoms with Crippen molar-refractivity contribution in [3.63, 3.8) is 0 Å². The molecule has 2 amide bonds. The van der Waals surface area contributed by atoms with E-state index in [0.717, 1.165) is 6.42 Å². The Kier molecular flexibility index (Phi) is 2.95. The first-order valence-electron chi connectivity index (χ1n) is 9.91. The molecule has 1 aromatic heterocycles. The number of rotatable bonds is 2. The summed E-state index contributed by atoms with van der Waals surface area (Å²) in [5.41, 5.74) is 1.23. The van der Waals surface area contributed by atoms with Crippen LogP contribution in [0.1, 0.15) is 12.1 Å². The van der Waals surface area contributed by atoms with Gasteiger partial charge in [0.2, 0.25) is 11.8 Å². The molecule has 2 bridgehead atoms. The monoisotopic (exact) mass is 375 g/mol. The molecule has 0 radical (unpaired) electrons. The number of hydrogen-bond acceptors (Lipinski definition) is 3. The minimum Gasteiger partial charge on any atom is -0.283 e. The van der Waals surface area contributed by atoms with Crippen LogP contribution in [-0.4, -0.2) is 21.2 Å². The number of aromatic nitrogens is 2. The van der Waals surface area contributed by atoms with Gasteiger partial charge in [-0.1, -0.05) is 30.4 Å². The number of nitrogens with zero attached hydrogens (tertiary/aromatic N) is 3. The van der Waals surface area contributed by atoms with Crippen molar-refractivity contribution in [2.75, 3.05) is 4.90 Å². The van der Waals surface area contributed by atoms with Crippen LogP contribution in [0.15, 0.2) is 47.3 Å². The quantitative estimate of drug-likeness (QED) is 0.596. The van der Waals surface area contributed by atoms with Crippen molar-refractivity contribution in [2.45, 2.75) is 13.3 Å². The molecular formula is C22H21N3O3. The van der Waals surface area contributed by atoms with Crippen LogP contribution in [0.5, 0.6) is 0 Å². The lowest BCUT2D eigenvalue weighted by Crippen LogP contribution is -2.40. The lowest BCUT2D eigenvalue weighted by molar-refractivity contribution is -0.124. The van der Waals surface area contributed by atoms with Gasteiger partial charge >= 0.3 is 0 Å². The molecule has 0 unspecified atom stereocenters. The largest absolute Gasteiger partial charge is 0.296 e. The zero-order valence-electron chi connectivity index (χ0n) is 15.8. The number of anilines is 1. The standard InChI is InChI=1S/C22H21N3O3/c1-11-19(22(28)25(23(11)2)12-6-4-3-5-7-12)24-20(26)17-13-8-9-14(16-10-15(13)16)18(17)21(24)27/h3-9,13-18H,10H2,1-2H3/t13-,14+,15-,16-,17+,18-/m1/s1. The van der Waals surface area contributed by atoms with Gasteiger partial charge in [0.1, 0.15) is 5.69 Å². The predicted molar refractivity (Wildman–Crippen MR) is 103 cm³/mol. The van der Waals surface area contributed by atoms with E-state index >= 15 is 0 Å². The summed E-state index contributed by atoms with van der Waals surface area (Å²) in [5.74, 6) is 0.433. The molecule has 6 nitrogen and oxygen atoms in total. The third kappa shape index (κ3) is 1.76. The van der Waals surface area contributed by atoms with Gasteiger partial charge in [-0.3, -0.25) is 19.1 Å². The van der Waals surface area contributed by atoms with Gasteiger partial charge in [-0.15, -0.1) is 0 Å². The summed E-state index contributed by atoms with van der Waals surface area (Å²) in [7, 11) is 1.78. The number of carbonyl (C=O) groups is 2. The molecule has 1 aromatic carbocycles. The van der Waals surface area contributed by atoms with E-state index in [4.69, 9.17) is 0 Å². The van der Waals surface area contributed by atoms with E-state index in [0.29, 0.717) is 23.2 Å². The number of para-hydroxylation sites is 1. The van der Waals surface area contributed by atoms with Crippen LogP contribution >= 0.6 is 0 Å². The zero-order chi connectivity index (χ0) is 19.3. The molecule has 142 valence electrons. The van der Waals surface area contributed by atoms with Crippen molar-refractivity contribution in [3.8, 4) is 5.69 Å². The third-order valence-corrected chi connectivity index (χ3v) is 7.41. The smallest absolute Gasteiger partial charge is 0.283 e. The highest BCUT2D eigenvalue weighted by atomic mass is 16.2. The first-order valence-corrected chi connectivity index (χ1v) is 9.91. The maximum Gasteiger partial charge on any atom is 0.296 e. The van der Waals surface area contributed by atoms with Gasteiger partial charge in [-0.2, -0.15) is 0 Å². The van der Waals surface area contributed by atoms with Crippen LogP contribution in [0.4, 0.5) is 5.69 Å². The summed E-state index contributed by atoms with van der Waals surface area (Å²) in [4.78, 5) is 41.3. The number of imide groups is 1. The summed E-state index contributed by atoms with van der Waals surface area (Å²) in [6, 6.07) is 9.29. The minimum absolute atomic E-state index is 0.154. The van der Waals surface area contributed by atoms with Crippen LogP contribution in [0.2, 0.25) is 0 Å². The van der Waals surface area contributed by atoms with Gasteiger partial charge in [0.15, 0.2) is 0 Å². The number of benzene rings is 1. The highest BCUT2D eigenvalue weighted by molar-refractivity contribution is 6.22. The predicted octanol–water partition coefficient (Wildman–Crippen LogP) is 2.04. The number of carbonyl (C=O) groups excluding carboxylic acids is 2. The van der Waals surface area contributed by atoms with E-state index in [9.17, 15) is 14.4 Å². The van der Waals surface area contributed by atoms with Crippen molar-refractivity contribution < 1.29 is 9.59 Å². The SMILES string of the molecule is Cc1c(N2C(=O)[C@@H]3[C@H]4C=C[C@H]([C@H]5C[C@H]45)[C@@H]3C2=O)c(=O)n(-c2ccccc2)n1C. The molecule has 1 saturated heterocycles. The topological polar surface area (TPSA) is 64.3 Å². The maximum atomic E-state index is 13.4. The first-order chi connectivity index (χ1) is 13.5. The van der Waals surface area contributed by atoms with E-state index < -0.39 is 0 Å². The van der Waals surface area contributed by atoms with E-state index in [1.165, 1.54) is 9.58 Å². The highest BCUT2D eigenvalue weighted by Gasteiger charge is 2.67. The van der Waals surface area contributed by atoms with E-state index in [1.807, 2.05) is 30.3 Å². The molecule has 2 saturated carbocycles. The van der Waals surface area contributed by atoms with Crippen LogP contribution in [0.3, 0.4) is 0 Å². The first kappa shape index (κ1) is 16.1. The average molecular weight is 375 g/mol. The summed E-state index contributed by atoms with van der Waals surface area (Å²) >= 11 is 0. The van der Waals surface area contributed by atoms with Crippen molar-refractivity contribution in [1.82, 2.24) is 9.36 Å². The molecule has 0 spiro atoms. The Morgan fingerprint density at radius 1 is 0.893 bits per heavy atom. The van der Waals surface area contributed by atoms with Gasteiger partial charge in [-0.25, -0.2) is 9.58 Å². The van der Waals surface area contributed by atoms with Crippen LogP contribution in [0, 0.1) is 42.4 Å². The fourth-order valence-corrected chi connectivity index (χ4v) is 5.99. The molecule has 6 heteroatoms. The van der Waals surface area contributed by atoms with Gasteiger partial charge in [0.05, 0.1) is 23.2 Å². The third-order valence-electron chi connectivity index (χ3n) is 7.41. The molecule has 6 atom stereocenters. The second-order valence-electron chi connectivity index (χ2n) is 8.58. The van der Waals surface area contributed by atoms with E-state index in [2.05, 4.69) is 12.2 Å². The molecule has 2 aromatic rings. The Balaban J connectivity index is 1.49. The second-order valence-corrected chi connectivity index (χ2v) is 8.58. The number of hydrogen-bond donors (Lipinski definition) is 0. The Bertz CT molecular complexity index is 1090. The van der Waals surface area contributed by atoms with Gasteiger partial charge in [0, 0.05) is 7.05 Å². The summed E-state index contributed by atoms with van der Waals surface area (Å²) in [6.07, 6.45) is 5.42. The summed E-state index contributed by atoms with van der Waals surface area (Å²) in [5, 5.41) is 0. The number of amides is 2. The highest BCUT2D eigenvalue weighted by Crippen LogP contribution is 2.65. The molecule has 3 fully saturated rings. The molecule has 0 N–H and O–H groups in total. The Hall–Kier alpha value is -2.89. The van der Waals surface area contributed by atoms with Gasteiger partial charge in [0.25, 0.3) is 5.56 Å². The normalized spacial score (nSPS) is 34.7. The summed E-state index contributed by atoms with van der Waals surface area (Å²) in [6.45, 7) is 1.79. The minimum atomic E-state index is -0.322. The van der Waals surface area contributed by atoms with Crippen molar-refractivity contribution in [3.05, 3.63) is 58.5 Å². The van der Waals surface area contributed by atoms with Gasteiger partial charge < -0.3 is 0 Å². The van der Waals surface area contributed by atoms with Crippen LogP contribution < -0.4 is 10.5 Å². The Morgan fingerprint density at radius 3 is 2.04 bits per heavy atom. The average Bonchev–Trinajstić information content (AvgIpc) is 3.45. The molecule has 4 aliphatic carbocycles. The molecule has 2 heterocycles. The van der Waals surface area contributed by atoms with E-state index in [-0.39, 0.29) is 46.7 Å². The maximum absolute atomic E-state index is 13.4. The van der Waals surface area contributed by atoms with Crippen molar-refractivity contribution in [1.29, 1.82) is 0 Å². The van der Waals surface area contributed by atoms with Crippen LogP contribution in [-0.2, 0) is 16.6 Å². The van der Waals surface area contributed by atoms with Crippen LogP contribution in [0.25, 0.3) is 5.69 Å².